The van der Waals surface area contributed by atoms with Gasteiger partial charge in [0.25, 0.3) is 0 Å². The first-order chi connectivity index (χ1) is 9.56. The quantitative estimate of drug-likeness (QED) is 0.637. The van der Waals surface area contributed by atoms with E-state index in [-0.39, 0.29) is 5.91 Å². The van der Waals surface area contributed by atoms with Crippen molar-refractivity contribution in [3.63, 3.8) is 0 Å². The van der Waals surface area contributed by atoms with Crippen LogP contribution in [0, 0.1) is 0 Å². The second-order valence-corrected chi connectivity index (χ2v) is 6.72. The number of carbonyl (C=O) groups is 1. The van der Waals surface area contributed by atoms with Gasteiger partial charge in [-0.3, -0.25) is 4.79 Å². The van der Waals surface area contributed by atoms with Crippen molar-refractivity contribution in [1.29, 1.82) is 0 Å². The maximum Gasteiger partial charge on any atom is 0.225 e. The van der Waals surface area contributed by atoms with Crippen LogP contribution in [-0.2, 0) is 4.79 Å². The van der Waals surface area contributed by atoms with Crippen LogP contribution >= 0.6 is 46.3 Å². The Hall–Kier alpha value is -1.02. The first-order valence-corrected chi connectivity index (χ1v) is 8.11. The second kappa shape index (κ2) is 7.12. The Labute approximate surface area is 133 Å². The average molecular weight is 349 g/mol. The van der Waals surface area contributed by atoms with Crippen LogP contribution in [0.3, 0.4) is 0 Å². The summed E-state index contributed by atoms with van der Waals surface area (Å²) >= 11 is 14.7. The van der Waals surface area contributed by atoms with E-state index in [2.05, 4.69) is 15.5 Å². The van der Waals surface area contributed by atoms with Crippen LogP contribution in [0.5, 0.6) is 0 Å². The molecule has 106 valence electrons. The van der Waals surface area contributed by atoms with Gasteiger partial charge in [-0.25, -0.2) is 0 Å². The van der Waals surface area contributed by atoms with Gasteiger partial charge in [-0.1, -0.05) is 46.3 Å². The summed E-state index contributed by atoms with van der Waals surface area (Å²) in [5.41, 5.74) is 8.15. The molecule has 0 saturated carbocycles. The molecule has 0 fully saturated rings. The number of rotatable bonds is 5. The Morgan fingerprint density at radius 1 is 1.45 bits per heavy atom. The molecular formula is C11H10Cl2N4OS2. The summed E-state index contributed by atoms with van der Waals surface area (Å²) in [7, 11) is 0. The number of amides is 1. The molecule has 0 bridgehead atoms. The van der Waals surface area contributed by atoms with E-state index >= 15 is 0 Å². The summed E-state index contributed by atoms with van der Waals surface area (Å²) in [6, 6.07) is 3.07. The molecule has 0 saturated heterocycles. The first kappa shape index (κ1) is 15.4. The zero-order valence-corrected chi connectivity index (χ0v) is 13.2. The van der Waals surface area contributed by atoms with Crippen molar-refractivity contribution in [2.45, 2.75) is 10.8 Å². The first-order valence-electron chi connectivity index (χ1n) is 5.49. The lowest BCUT2D eigenvalue weighted by Crippen LogP contribution is -2.14. The van der Waals surface area contributed by atoms with Crippen LogP contribution < -0.4 is 11.1 Å². The van der Waals surface area contributed by atoms with Crippen molar-refractivity contribution in [2.75, 3.05) is 16.8 Å². The predicted molar refractivity (Wildman–Crippen MR) is 84.8 cm³/mol. The largest absolute Gasteiger partial charge is 0.397 e. The molecule has 3 N–H and O–H groups in total. The highest BCUT2D eigenvalue weighted by atomic mass is 35.5. The van der Waals surface area contributed by atoms with E-state index in [9.17, 15) is 4.79 Å². The number of anilines is 2. The average Bonchev–Trinajstić information content (AvgIpc) is 2.87. The number of nitrogens with one attached hydrogen (secondary N) is 1. The topological polar surface area (TPSA) is 80.9 Å². The summed E-state index contributed by atoms with van der Waals surface area (Å²) < 4.78 is 0.835. The molecule has 9 heteroatoms. The molecular weight excluding hydrogens is 339 g/mol. The molecule has 0 spiro atoms. The van der Waals surface area contributed by atoms with Gasteiger partial charge in [-0.05, 0) is 12.1 Å². The van der Waals surface area contributed by atoms with Crippen molar-refractivity contribution in [3.05, 3.63) is 27.7 Å². The molecule has 5 nitrogen and oxygen atoms in total. The van der Waals surface area contributed by atoms with Crippen molar-refractivity contribution in [1.82, 2.24) is 10.2 Å². The number of benzene rings is 1. The maximum atomic E-state index is 11.8. The van der Waals surface area contributed by atoms with E-state index in [1.165, 1.54) is 29.2 Å². The van der Waals surface area contributed by atoms with Gasteiger partial charge < -0.3 is 11.1 Å². The fourth-order valence-electron chi connectivity index (χ4n) is 1.38. The molecule has 2 rings (SSSR count). The fourth-order valence-corrected chi connectivity index (χ4v) is 3.44. The maximum absolute atomic E-state index is 11.8. The SMILES string of the molecule is Nc1cc(Cl)cc(Cl)c1NC(=O)CCSc1nncs1. The van der Waals surface area contributed by atoms with Crippen molar-refractivity contribution >= 4 is 63.6 Å². The molecule has 0 aliphatic rings. The van der Waals surface area contributed by atoms with E-state index in [0.29, 0.717) is 33.6 Å². The number of halogens is 2. The lowest BCUT2D eigenvalue weighted by Gasteiger charge is -2.10. The van der Waals surface area contributed by atoms with Gasteiger partial charge in [0.15, 0.2) is 4.34 Å². The third-order valence-corrected chi connectivity index (χ3v) is 4.62. The van der Waals surface area contributed by atoms with Crippen LogP contribution in [0.2, 0.25) is 10.0 Å². The Balaban J connectivity index is 1.88. The van der Waals surface area contributed by atoms with Crippen LogP contribution in [0.15, 0.2) is 22.0 Å². The summed E-state index contributed by atoms with van der Waals surface area (Å²) in [5.74, 6) is 0.435. The summed E-state index contributed by atoms with van der Waals surface area (Å²) in [6.07, 6.45) is 0.322. The Bertz CT molecular complexity index is 583. The number of thioether (sulfide) groups is 1. The van der Waals surface area contributed by atoms with E-state index in [1.54, 1.807) is 11.6 Å². The normalized spacial score (nSPS) is 10.5. The van der Waals surface area contributed by atoms with Crippen molar-refractivity contribution < 1.29 is 4.79 Å². The summed E-state index contributed by atoms with van der Waals surface area (Å²) in [4.78, 5) is 11.8. The van der Waals surface area contributed by atoms with Crippen LogP contribution in [0.4, 0.5) is 11.4 Å². The molecule has 1 amide bonds. The van der Waals surface area contributed by atoms with Gasteiger partial charge in [0.1, 0.15) is 5.51 Å². The minimum atomic E-state index is -0.169. The lowest BCUT2D eigenvalue weighted by atomic mass is 10.2. The van der Waals surface area contributed by atoms with Gasteiger partial charge in [0, 0.05) is 17.2 Å². The predicted octanol–water partition coefficient (Wildman–Crippen LogP) is 3.55. The molecule has 0 atom stereocenters. The van der Waals surface area contributed by atoms with Gasteiger partial charge in [0.05, 0.1) is 16.4 Å². The van der Waals surface area contributed by atoms with Gasteiger partial charge >= 0.3 is 0 Å². The Morgan fingerprint density at radius 3 is 2.90 bits per heavy atom. The minimum absolute atomic E-state index is 0.169. The molecule has 0 aliphatic heterocycles. The molecule has 1 aromatic carbocycles. The summed E-state index contributed by atoms with van der Waals surface area (Å²) in [6.45, 7) is 0. The number of carbonyl (C=O) groups excluding carboxylic acids is 1. The van der Waals surface area contributed by atoms with Gasteiger partial charge in [0.2, 0.25) is 5.91 Å². The molecule has 0 unspecified atom stereocenters. The zero-order chi connectivity index (χ0) is 14.5. The van der Waals surface area contributed by atoms with E-state index in [1.807, 2.05) is 0 Å². The number of nitrogens with zero attached hydrogens (tertiary/aromatic N) is 2. The highest BCUT2D eigenvalue weighted by Gasteiger charge is 2.11. The van der Waals surface area contributed by atoms with E-state index in [0.717, 1.165) is 4.34 Å². The number of nitrogen functional groups attached to an aromatic ring is 1. The molecule has 1 heterocycles. The van der Waals surface area contributed by atoms with Crippen molar-refractivity contribution in [3.8, 4) is 0 Å². The minimum Gasteiger partial charge on any atom is -0.397 e. The number of hydrogen-bond acceptors (Lipinski definition) is 6. The standard InChI is InChI=1S/C11H10Cl2N4OS2/c12-6-3-7(13)10(8(14)4-6)16-9(18)1-2-19-11-17-15-5-20-11/h3-5H,1-2,14H2,(H,16,18). The fraction of sp³-hybridized carbons (Fsp3) is 0.182. The highest BCUT2D eigenvalue weighted by Crippen LogP contribution is 2.32. The molecule has 20 heavy (non-hydrogen) atoms. The second-order valence-electron chi connectivity index (χ2n) is 3.70. The van der Waals surface area contributed by atoms with E-state index in [4.69, 9.17) is 28.9 Å². The van der Waals surface area contributed by atoms with Crippen molar-refractivity contribution in [2.24, 2.45) is 0 Å². The van der Waals surface area contributed by atoms with Crippen LogP contribution in [-0.4, -0.2) is 21.9 Å². The molecule has 2 aromatic rings. The summed E-state index contributed by atoms with van der Waals surface area (Å²) in [5, 5.41) is 11.0. The molecule has 1 aromatic heterocycles. The highest BCUT2D eigenvalue weighted by molar-refractivity contribution is 8.01. The Kier molecular flexibility index (Phi) is 5.47. The number of hydrogen-bond donors (Lipinski definition) is 2. The lowest BCUT2D eigenvalue weighted by molar-refractivity contribution is -0.115. The van der Waals surface area contributed by atoms with Crippen LogP contribution in [0.1, 0.15) is 6.42 Å². The van der Waals surface area contributed by atoms with Crippen LogP contribution in [0.25, 0.3) is 0 Å². The Morgan fingerprint density at radius 2 is 2.25 bits per heavy atom. The van der Waals surface area contributed by atoms with Gasteiger partial charge in [-0.2, -0.15) is 0 Å². The smallest absolute Gasteiger partial charge is 0.225 e. The zero-order valence-electron chi connectivity index (χ0n) is 10.1. The molecule has 0 aliphatic carbocycles. The van der Waals surface area contributed by atoms with E-state index < -0.39 is 0 Å². The third kappa shape index (κ3) is 4.24. The van der Waals surface area contributed by atoms with Gasteiger partial charge in [-0.15, -0.1) is 10.2 Å². The monoisotopic (exact) mass is 348 g/mol. The molecule has 0 radical (unpaired) electrons. The number of aromatic nitrogens is 2. The third-order valence-electron chi connectivity index (χ3n) is 2.24. The number of nitrogens with two attached hydrogens (primary N) is 1.